The van der Waals surface area contributed by atoms with E-state index in [0.29, 0.717) is 10.1 Å². The molecule has 1 heterocycles. The Kier molecular flexibility index (Phi) is 2.84. The van der Waals surface area contributed by atoms with Crippen LogP contribution >= 0.6 is 23.5 Å². The van der Waals surface area contributed by atoms with Crippen LogP contribution in [0.1, 0.15) is 20.5 Å². The lowest BCUT2D eigenvalue weighted by molar-refractivity contribution is 0.0697. The molecule has 2 nitrogen and oxygen atoms in total. The number of carbonyl (C=O) groups is 1. The van der Waals surface area contributed by atoms with Crippen molar-refractivity contribution in [2.24, 2.45) is 0 Å². The molecule has 0 bridgehead atoms. The monoisotopic (exact) mass is 224 g/mol. The number of rotatable bonds is 2. The molecule has 4 heteroatoms. The molecule has 72 valence electrons. The van der Waals surface area contributed by atoms with Gasteiger partial charge in [-0.1, -0.05) is 12.1 Å². The van der Waals surface area contributed by atoms with E-state index in [9.17, 15) is 4.79 Å². The lowest BCUT2D eigenvalue weighted by atomic mass is 10.1. The molecule has 1 aliphatic rings. The third kappa shape index (κ3) is 1.96. The molecule has 1 N–H and O–H groups in total. The molecule has 14 heavy (non-hydrogen) atoms. The SMILES string of the molecule is O=C(O)c1ccc(C2SC=CS2)cc1. The lowest BCUT2D eigenvalue weighted by Crippen LogP contribution is -1.96. The van der Waals surface area contributed by atoms with Crippen molar-refractivity contribution in [2.75, 3.05) is 0 Å². The summed E-state index contributed by atoms with van der Waals surface area (Å²) in [6.45, 7) is 0. The van der Waals surface area contributed by atoms with Crippen LogP contribution in [0.25, 0.3) is 0 Å². The number of thioether (sulfide) groups is 2. The topological polar surface area (TPSA) is 37.3 Å². The van der Waals surface area contributed by atoms with Gasteiger partial charge < -0.3 is 5.11 Å². The predicted molar refractivity (Wildman–Crippen MR) is 60.5 cm³/mol. The van der Waals surface area contributed by atoms with Crippen molar-refractivity contribution in [3.8, 4) is 0 Å². The van der Waals surface area contributed by atoms with Crippen LogP contribution < -0.4 is 0 Å². The Bertz CT molecular complexity index is 362. The molecular weight excluding hydrogens is 216 g/mol. The molecule has 0 amide bonds. The Morgan fingerprint density at radius 2 is 1.71 bits per heavy atom. The summed E-state index contributed by atoms with van der Waals surface area (Å²) in [5, 5.41) is 12.8. The number of benzene rings is 1. The molecule has 0 radical (unpaired) electrons. The fourth-order valence-electron chi connectivity index (χ4n) is 1.18. The zero-order chi connectivity index (χ0) is 9.97. The van der Waals surface area contributed by atoms with Gasteiger partial charge in [-0.3, -0.25) is 0 Å². The molecule has 0 spiro atoms. The van der Waals surface area contributed by atoms with Crippen molar-refractivity contribution in [1.82, 2.24) is 0 Å². The van der Waals surface area contributed by atoms with Gasteiger partial charge in [-0.2, -0.15) is 0 Å². The molecular formula is C10H8O2S2. The summed E-state index contributed by atoms with van der Waals surface area (Å²) in [5.74, 6) is -0.874. The van der Waals surface area contributed by atoms with Gasteiger partial charge in [-0.05, 0) is 28.5 Å². The maximum Gasteiger partial charge on any atom is 0.335 e. The van der Waals surface area contributed by atoms with E-state index < -0.39 is 5.97 Å². The minimum Gasteiger partial charge on any atom is -0.478 e. The van der Waals surface area contributed by atoms with Crippen molar-refractivity contribution < 1.29 is 9.90 Å². The number of hydrogen-bond donors (Lipinski definition) is 1. The van der Waals surface area contributed by atoms with Crippen molar-refractivity contribution >= 4 is 29.5 Å². The summed E-state index contributed by atoms with van der Waals surface area (Å²) in [6, 6.07) is 7.05. The highest BCUT2D eigenvalue weighted by Gasteiger charge is 2.14. The average molecular weight is 224 g/mol. The van der Waals surface area contributed by atoms with E-state index in [1.54, 1.807) is 35.7 Å². The zero-order valence-corrected chi connectivity index (χ0v) is 8.85. The van der Waals surface area contributed by atoms with E-state index in [0.717, 1.165) is 5.56 Å². The number of carboxylic acid groups (broad SMARTS) is 1. The molecule has 1 aromatic rings. The number of aromatic carboxylic acids is 1. The van der Waals surface area contributed by atoms with Crippen LogP contribution in [0.3, 0.4) is 0 Å². The Labute approximate surface area is 90.4 Å². The zero-order valence-electron chi connectivity index (χ0n) is 7.21. The molecule has 2 rings (SSSR count). The standard InChI is InChI=1S/C10H8O2S2/c11-9(12)7-1-3-8(4-2-7)10-13-5-6-14-10/h1-6,10H,(H,11,12). The Morgan fingerprint density at radius 1 is 1.14 bits per heavy atom. The Morgan fingerprint density at radius 3 is 2.21 bits per heavy atom. The highest BCUT2D eigenvalue weighted by molar-refractivity contribution is 8.21. The first-order valence-electron chi connectivity index (χ1n) is 4.06. The summed E-state index contributed by atoms with van der Waals surface area (Å²) in [5.41, 5.74) is 1.50. The second-order valence-corrected chi connectivity index (χ2v) is 5.13. The van der Waals surface area contributed by atoms with Gasteiger partial charge in [-0.25, -0.2) is 4.79 Å². The molecule has 0 fully saturated rings. The predicted octanol–water partition coefficient (Wildman–Crippen LogP) is 3.33. The first kappa shape index (κ1) is 9.68. The molecule has 0 unspecified atom stereocenters. The van der Waals surface area contributed by atoms with Gasteiger partial charge in [0.05, 0.1) is 10.1 Å². The van der Waals surface area contributed by atoms with Gasteiger partial charge >= 0.3 is 5.97 Å². The third-order valence-electron chi connectivity index (χ3n) is 1.89. The van der Waals surface area contributed by atoms with Gasteiger partial charge in [0.15, 0.2) is 0 Å². The van der Waals surface area contributed by atoms with E-state index >= 15 is 0 Å². The summed E-state index contributed by atoms with van der Waals surface area (Å²) in [4.78, 5) is 10.6. The quantitative estimate of drug-likeness (QED) is 0.836. The van der Waals surface area contributed by atoms with Crippen LogP contribution in [-0.4, -0.2) is 11.1 Å². The average Bonchev–Trinajstić information content (AvgIpc) is 2.71. The summed E-state index contributed by atoms with van der Waals surface area (Å²) in [7, 11) is 0. The highest BCUT2D eigenvalue weighted by Crippen LogP contribution is 2.46. The molecule has 0 aromatic heterocycles. The van der Waals surface area contributed by atoms with Crippen LogP contribution in [0.15, 0.2) is 35.1 Å². The van der Waals surface area contributed by atoms with Gasteiger partial charge in [-0.15, -0.1) is 23.5 Å². The Hall–Kier alpha value is -0.870. The van der Waals surface area contributed by atoms with Crippen molar-refractivity contribution in [2.45, 2.75) is 4.58 Å². The smallest absolute Gasteiger partial charge is 0.335 e. The molecule has 0 aliphatic carbocycles. The summed E-state index contributed by atoms with van der Waals surface area (Å²) in [6.07, 6.45) is 0. The normalized spacial score (nSPS) is 16.0. The molecule has 0 saturated heterocycles. The first-order valence-corrected chi connectivity index (χ1v) is 5.95. The van der Waals surface area contributed by atoms with Crippen LogP contribution in [0.4, 0.5) is 0 Å². The van der Waals surface area contributed by atoms with Crippen LogP contribution in [-0.2, 0) is 0 Å². The lowest BCUT2D eigenvalue weighted by Gasteiger charge is -2.07. The molecule has 0 atom stereocenters. The summed E-state index contributed by atoms with van der Waals surface area (Å²) >= 11 is 3.49. The second kappa shape index (κ2) is 4.11. The van der Waals surface area contributed by atoms with Crippen molar-refractivity contribution in [1.29, 1.82) is 0 Å². The van der Waals surface area contributed by atoms with E-state index in [1.165, 1.54) is 0 Å². The van der Waals surface area contributed by atoms with Crippen LogP contribution in [0, 0.1) is 0 Å². The molecule has 0 saturated carbocycles. The fraction of sp³-hybridized carbons (Fsp3) is 0.100. The maximum atomic E-state index is 10.6. The van der Waals surface area contributed by atoms with E-state index in [4.69, 9.17) is 5.11 Å². The molecule has 1 aromatic carbocycles. The maximum absolute atomic E-state index is 10.6. The minimum atomic E-state index is -0.874. The summed E-state index contributed by atoms with van der Waals surface area (Å²) < 4.78 is 0.387. The fourth-order valence-corrected chi connectivity index (χ4v) is 3.25. The minimum absolute atomic E-state index is 0.342. The van der Waals surface area contributed by atoms with E-state index in [2.05, 4.69) is 10.8 Å². The first-order chi connectivity index (χ1) is 6.77. The Balaban J connectivity index is 2.17. The van der Waals surface area contributed by atoms with Crippen molar-refractivity contribution in [3.05, 3.63) is 46.2 Å². The van der Waals surface area contributed by atoms with Gasteiger partial charge in [0, 0.05) is 0 Å². The van der Waals surface area contributed by atoms with Gasteiger partial charge in [0.1, 0.15) is 0 Å². The van der Waals surface area contributed by atoms with E-state index in [1.807, 2.05) is 12.1 Å². The number of hydrogen-bond acceptors (Lipinski definition) is 3. The highest BCUT2D eigenvalue weighted by atomic mass is 32.2. The van der Waals surface area contributed by atoms with Gasteiger partial charge in [0.25, 0.3) is 0 Å². The van der Waals surface area contributed by atoms with Crippen LogP contribution in [0.2, 0.25) is 0 Å². The second-order valence-electron chi connectivity index (χ2n) is 2.80. The van der Waals surface area contributed by atoms with Crippen LogP contribution in [0.5, 0.6) is 0 Å². The molecule has 1 aliphatic heterocycles. The van der Waals surface area contributed by atoms with Crippen molar-refractivity contribution in [3.63, 3.8) is 0 Å². The number of carboxylic acids is 1. The van der Waals surface area contributed by atoms with E-state index in [-0.39, 0.29) is 0 Å². The van der Waals surface area contributed by atoms with Gasteiger partial charge in [0.2, 0.25) is 0 Å². The third-order valence-corrected chi connectivity index (χ3v) is 4.35. The largest absolute Gasteiger partial charge is 0.478 e.